The first-order valence-corrected chi connectivity index (χ1v) is 9.60. The van der Waals surface area contributed by atoms with Crippen LogP contribution in [0.5, 0.6) is 5.75 Å². The molecular weight excluding hydrogens is 396 g/mol. The molecule has 0 aliphatic carbocycles. The smallest absolute Gasteiger partial charge is 0.329 e. The number of rotatable bonds is 8. The Bertz CT molecular complexity index is 1060. The van der Waals surface area contributed by atoms with E-state index in [-0.39, 0.29) is 12.2 Å². The maximum Gasteiger partial charge on any atom is 0.329 e. The second-order valence-electron chi connectivity index (χ2n) is 6.90. The molecule has 0 aliphatic heterocycles. The SMILES string of the molecule is O=C(Cc1ccc(N=Cc2ccccc2O)cc1)N[C@H](C(=O)O)[C@H](O)c1ccccc1. The maximum absolute atomic E-state index is 12.4. The molecule has 0 spiro atoms. The minimum Gasteiger partial charge on any atom is -0.507 e. The van der Waals surface area contributed by atoms with Crippen LogP contribution in [0.15, 0.2) is 83.9 Å². The zero-order chi connectivity index (χ0) is 22.2. The molecule has 0 saturated carbocycles. The zero-order valence-corrected chi connectivity index (χ0v) is 16.6. The largest absolute Gasteiger partial charge is 0.507 e. The van der Waals surface area contributed by atoms with Crippen molar-refractivity contribution in [3.8, 4) is 5.75 Å². The van der Waals surface area contributed by atoms with Gasteiger partial charge in [0.05, 0.1) is 12.1 Å². The van der Waals surface area contributed by atoms with Gasteiger partial charge in [-0.05, 0) is 35.4 Å². The highest BCUT2D eigenvalue weighted by atomic mass is 16.4. The Morgan fingerprint density at radius 3 is 2.23 bits per heavy atom. The number of para-hydroxylation sites is 1. The van der Waals surface area contributed by atoms with E-state index in [1.165, 1.54) is 0 Å². The third kappa shape index (κ3) is 6.01. The van der Waals surface area contributed by atoms with Crippen molar-refractivity contribution in [3.05, 3.63) is 95.6 Å². The van der Waals surface area contributed by atoms with Gasteiger partial charge in [0.1, 0.15) is 11.9 Å². The molecule has 0 unspecified atom stereocenters. The molecule has 2 atom stereocenters. The number of phenols is 1. The van der Waals surface area contributed by atoms with Crippen molar-refractivity contribution in [3.63, 3.8) is 0 Å². The molecule has 0 saturated heterocycles. The van der Waals surface area contributed by atoms with Gasteiger partial charge in [0, 0.05) is 11.8 Å². The molecule has 0 radical (unpaired) electrons. The average Bonchev–Trinajstić information content (AvgIpc) is 2.78. The van der Waals surface area contributed by atoms with Crippen LogP contribution in [0.4, 0.5) is 5.69 Å². The Labute approximate surface area is 179 Å². The molecule has 7 heteroatoms. The quantitative estimate of drug-likeness (QED) is 0.419. The first-order chi connectivity index (χ1) is 14.9. The third-order valence-electron chi connectivity index (χ3n) is 4.63. The molecule has 4 N–H and O–H groups in total. The number of hydrogen-bond donors (Lipinski definition) is 4. The number of hydrogen-bond acceptors (Lipinski definition) is 5. The molecule has 0 aliphatic rings. The number of nitrogens with one attached hydrogen (secondary N) is 1. The number of benzene rings is 3. The average molecular weight is 418 g/mol. The summed E-state index contributed by atoms with van der Waals surface area (Å²) < 4.78 is 0. The van der Waals surface area contributed by atoms with Gasteiger partial charge in [-0.2, -0.15) is 0 Å². The highest BCUT2D eigenvalue weighted by Crippen LogP contribution is 2.19. The lowest BCUT2D eigenvalue weighted by Crippen LogP contribution is -2.45. The third-order valence-corrected chi connectivity index (χ3v) is 4.63. The lowest BCUT2D eigenvalue weighted by molar-refractivity contribution is -0.145. The van der Waals surface area contributed by atoms with Crippen LogP contribution in [0.2, 0.25) is 0 Å². The first-order valence-electron chi connectivity index (χ1n) is 9.60. The molecule has 1 amide bonds. The number of carbonyl (C=O) groups is 2. The fourth-order valence-electron chi connectivity index (χ4n) is 2.97. The van der Waals surface area contributed by atoms with Crippen molar-refractivity contribution in [1.29, 1.82) is 0 Å². The number of carboxylic acid groups (broad SMARTS) is 1. The van der Waals surface area contributed by atoms with Crippen LogP contribution < -0.4 is 5.32 Å². The van der Waals surface area contributed by atoms with Gasteiger partial charge in [-0.3, -0.25) is 9.79 Å². The molecule has 7 nitrogen and oxygen atoms in total. The van der Waals surface area contributed by atoms with E-state index < -0.39 is 24.0 Å². The van der Waals surface area contributed by atoms with Crippen molar-refractivity contribution in [1.82, 2.24) is 5.32 Å². The molecule has 3 aromatic carbocycles. The summed E-state index contributed by atoms with van der Waals surface area (Å²) in [4.78, 5) is 28.2. The van der Waals surface area contributed by atoms with E-state index in [2.05, 4.69) is 10.3 Å². The number of nitrogens with zero attached hydrogens (tertiary/aromatic N) is 1. The summed E-state index contributed by atoms with van der Waals surface area (Å²) in [6.45, 7) is 0. The van der Waals surface area contributed by atoms with Crippen LogP contribution in [0.1, 0.15) is 22.8 Å². The number of amides is 1. The number of phenolic OH excluding ortho intramolecular Hbond substituents is 1. The molecular formula is C24H22N2O5. The summed E-state index contributed by atoms with van der Waals surface area (Å²) in [6, 6.07) is 20.5. The first kappa shape index (κ1) is 21.7. The van der Waals surface area contributed by atoms with Gasteiger partial charge in [-0.15, -0.1) is 0 Å². The fourth-order valence-corrected chi connectivity index (χ4v) is 2.97. The van der Waals surface area contributed by atoms with Crippen molar-refractivity contribution < 1.29 is 24.9 Å². The van der Waals surface area contributed by atoms with E-state index >= 15 is 0 Å². The van der Waals surface area contributed by atoms with Crippen LogP contribution in [0.25, 0.3) is 0 Å². The second-order valence-corrected chi connectivity index (χ2v) is 6.90. The zero-order valence-electron chi connectivity index (χ0n) is 16.6. The molecule has 158 valence electrons. The number of aliphatic hydroxyl groups excluding tert-OH is 1. The van der Waals surface area contributed by atoms with Gasteiger partial charge in [0.15, 0.2) is 6.04 Å². The van der Waals surface area contributed by atoms with Gasteiger partial charge >= 0.3 is 5.97 Å². The van der Waals surface area contributed by atoms with Crippen molar-refractivity contribution in [2.75, 3.05) is 0 Å². The number of aliphatic carboxylic acids is 1. The monoisotopic (exact) mass is 418 g/mol. The molecule has 0 heterocycles. The van der Waals surface area contributed by atoms with Crippen molar-refractivity contribution >= 4 is 23.8 Å². The van der Waals surface area contributed by atoms with Crippen LogP contribution in [-0.4, -0.2) is 39.5 Å². The second kappa shape index (κ2) is 10.2. The Hall–Kier alpha value is -3.97. The van der Waals surface area contributed by atoms with Crippen LogP contribution in [0, 0.1) is 0 Å². The van der Waals surface area contributed by atoms with Gasteiger partial charge in [0.2, 0.25) is 5.91 Å². The van der Waals surface area contributed by atoms with E-state index in [1.807, 2.05) is 0 Å². The number of carbonyl (C=O) groups excluding carboxylic acids is 1. The summed E-state index contributed by atoms with van der Waals surface area (Å²) in [5.74, 6) is -1.71. The lowest BCUT2D eigenvalue weighted by atomic mass is 10.0. The molecule has 3 aromatic rings. The van der Waals surface area contributed by atoms with Crippen LogP contribution in [-0.2, 0) is 16.0 Å². The Morgan fingerprint density at radius 1 is 0.935 bits per heavy atom. The minimum absolute atomic E-state index is 0.0469. The molecule has 3 rings (SSSR count). The van der Waals surface area contributed by atoms with Gasteiger partial charge in [0.25, 0.3) is 0 Å². The van der Waals surface area contributed by atoms with Crippen molar-refractivity contribution in [2.24, 2.45) is 4.99 Å². The number of aliphatic hydroxyl groups is 1. The van der Waals surface area contributed by atoms with Crippen LogP contribution in [0.3, 0.4) is 0 Å². The van der Waals surface area contributed by atoms with E-state index in [1.54, 1.807) is 85.1 Å². The van der Waals surface area contributed by atoms with E-state index in [0.29, 0.717) is 22.4 Å². The molecule has 0 aromatic heterocycles. The number of aromatic hydroxyl groups is 1. The summed E-state index contributed by atoms with van der Waals surface area (Å²) >= 11 is 0. The summed E-state index contributed by atoms with van der Waals surface area (Å²) in [7, 11) is 0. The van der Waals surface area contributed by atoms with Gasteiger partial charge < -0.3 is 20.6 Å². The highest BCUT2D eigenvalue weighted by Gasteiger charge is 2.29. The minimum atomic E-state index is -1.46. The van der Waals surface area contributed by atoms with Crippen molar-refractivity contribution in [2.45, 2.75) is 18.6 Å². The number of aliphatic imine (C=N–C) groups is 1. The Balaban J connectivity index is 1.62. The van der Waals surface area contributed by atoms with E-state index in [4.69, 9.17) is 0 Å². The normalized spacial score (nSPS) is 12.9. The van der Waals surface area contributed by atoms with Gasteiger partial charge in [-0.1, -0.05) is 54.6 Å². The predicted octanol–water partition coefficient (Wildman–Crippen LogP) is 2.99. The Kier molecular flexibility index (Phi) is 7.13. The number of carboxylic acids is 1. The van der Waals surface area contributed by atoms with Gasteiger partial charge in [-0.25, -0.2) is 4.79 Å². The molecule has 0 bridgehead atoms. The summed E-state index contributed by atoms with van der Waals surface area (Å²) in [6.07, 6.45) is 0.127. The van der Waals surface area contributed by atoms with E-state index in [9.17, 15) is 24.9 Å². The standard InChI is InChI=1S/C24H22N2O5/c27-20-9-5-4-8-18(20)15-25-19-12-10-16(11-13-19)14-21(28)26-22(24(30)31)23(29)17-6-2-1-3-7-17/h1-13,15,22-23,27,29H,14H2,(H,26,28)(H,30,31)/t22-,23+/m0/s1. The maximum atomic E-state index is 12.4. The topological polar surface area (TPSA) is 119 Å². The highest BCUT2D eigenvalue weighted by molar-refractivity contribution is 5.86. The lowest BCUT2D eigenvalue weighted by Gasteiger charge is -2.20. The van der Waals surface area contributed by atoms with Crippen LogP contribution >= 0.6 is 0 Å². The molecule has 0 fully saturated rings. The predicted molar refractivity (Wildman–Crippen MR) is 116 cm³/mol. The Morgan fingerprint density at radius 2 is 1.58 bits per heavy atom. The summed E-state index contributed by atoms with van der Waals surface area (Å²) in [5, 5.41) is 31.9. The van der Waals surface area contributed by atoms with E-state index in [0.717, 1.165) is 0 Å². The summed E-state index contributed by atoms with van der Waals surface area (Å²) in [5.41, 5.74) is 2.29. The molecule has 31 heavy (non-hydrogen) atoms. The fraction of sp³-hybridized carbons (Fsp3) is 0.125.